The second-order valence-corrected chi connectivity index (χ2v) is 13.6. The van der Waals surface area contributed by atoms with Crippen LogP contribution in [0, 0.1) is 0 Å². The Labute approximate surface area is 272 Å². The highest BCUT2D eigenvalue weighted by Gasteiger charge is 2.27. The topological polar surface area (TPSA) is 101 Å². The summed E-state index contributed by atoms with van der Waals surface area (Å²) in [6.45, 7) is 8.05. The van der Waals surface area contributed by atoms with E-state index in [0.717, 1.165) is 19.3 Å². The van der Waals surface area contributed by atoms with Crippen LogP contribution in [0.25, 0.3) is 0 Å². The minimum Gasteiger partial charge on any atom is -0.453 e. The normalized spacial score (nSPS) is 12.0. The highest BCUT2D eigenvalue weighted by atomic mass is 16.5. The van der Waals surface area contributed by atoms with E-state index in [1.807, 2.05) is 0 Å². The van der Waals surface area contributed by atoms with Gasteiger partial charge in [0, 0.05) is 17.5 Å². The summed E-state index contributed by atoms with van der Waals surface area (Å²) in [5.74, 6) is -1.10. The Morgan fingerprint density at radius 1 is 0.556 bits per heavy atom. The molecule has 0 spiro atoms. The second-order valence-electron chi connectivity index (χ2n) is 13.6. The van der Waals surface area contributed by atoms with Gasteiger partial charge in [0.05, 0.1) is 0 Å². The molecule has 6 nitrogen and oxygen atoms in total. The average molecular weight is 623 g/mol. The summed E-state index contributed by atoms with van der Waals surface area (Å²) in [4.78, 5) is 38.0. The molecule has 0 aliphatic heterocycles. The lowest BCUT2D eigenvalue weighted by atomic mass is 9.92. The minimum absolute atomic E-state index is 0.303. The number of ketones is 2. The summed E-state index contributed by atoms with van der Waals surface area (Å²) in [6, 6.07) is 13.4. The van der Waals surface area contributed by atoms with Gasteiger partial charge in [-0.2, -0.15) is 0 Å². The van der Waals surface area contributed by atoms with Gasteiger partial charge in [0.15, 0.2) is 17.7 Å². The van der Waals surface area contributed by atoms with Crippen molar-refractivity contribution in [2.45, 2.75) is 155 Å². The van der Waals surface area contributed by atoms with Gasteiger partial charge in [-0.15, -0.1) is 0 Å². The molecule has 250 valence electrons. The fourth-order valence-corrected chi connectivity index (χ4v) is 5.48. The molecule has 0 bridgehead atoms. The highest BCUT2D eigenvalue weighted by molar-refractivity contribution is 6.02. The predicted octanol–water partition coefficient (Wildman–Crippen LogP) is 9.49. The number of hydrogen-bond acceptors (Lipinski definition) is 6. The van der Waals surface area contributed by atoms with Gasteiger partial charge in [-0.25, -0.2) is 0 Å². The van der Waals surface area contributed by atoms with Crippen molar-refractivity contribution in [1.82, 2.24) is 0 Å². The number of Topliss-reactive ketones (excluding diaryl/α,β-unsaturated/α-hetero) is 2. The van der Waals surface area contributed by atoms with E-state index in [2.05, 4.69) is 6.92 Å². The van der Waals surface area contributed by atoms with Crippen molar-refractivity contribution in [3.63, 3.8) is 0 Å². The van der Waals surface area contributed by atoms with Crippen LogP contribution in [0.1, 0.15) is 175 Å². The maximum atomic E-state index is 13.0. The first kappa shape index (κ1) is 38.4. The molecule has 2 aromatic carbocycles. The van der Waals surface area contributed by atoms with Crippen LogP contribution in [-0.2, 0) is 9.53 Å². The summed E-state index contributed by atoms with van der Waals surface area (Å²) >= 11 is 0. The molecule has 0 radical (unpaired) electrons. The van der Waals surface area contributed by atoms with Gasteiger partial charge < -0.3 is 14.9 Å². The van der Waals surface area contributed by atoms with E-state index < -0.39 is 28.9 Å². The van der Waals surface area contributed by atoms with Gasteiger partial charge in [0.1, 0.15) is 11.2 Å². The minimum atomic E-state index is -1.50. The first-order valence-corrected chi connectivity index (χ1v) is 17.3. The lowest BCUT2D eigenvalue weighted by molar-refractivity contribution is -0.147. The summed E-state index contributed by atoms with van der Waals surface area (Å²) in [6.07, 6.45) is 18.4. The molecule has 0 aromatic heterocycles. The van der Waals surface area contributed by atoms with Crippen molar-refractivity contribution in [2.24, 2.45) is 0 Å². The highest BCUT2D eigenvalue weighted by Crippen LogP contribution is 2.29. The molecule has 0 fully saturated rings. The van der Waals surface area contributed by atoms with Crippen LogP contribution in [0.15, 0.2) is 48.5 Å². The SMILES string of the molecule is CCCCCCCCCCCCCCCCCC(=O)OC(c1ccc(C(=O)C(C)(C)O)cc1)c1ccc(C(=O)C(C)(C)O)cc1. The molecule has 6 heteroatoms. The zero-order chi connectivity index (χ0) is 33.3. The fraction of sp³-hybridized carbons (Fsp3) is 0.615. The van der Waals surface area contributed by atoms with E-state index in [1.165, 1.54) is 105 Å². The molecule has 2 N–H and O–H groups in total. The van der Waals surface area contributed by atoms with E-state index in [0.29, 0.717) is 28.7 Å². The van der Waals surface area contributed by atoms with Gasteiger partial charge in [0.25, 0.3) is 0 Å². The smallest absolute Gasteiger partial charge is 0.306 e. The first-order valence-electron chi connectivity index (χ1n) is 17.3. The summed E-state index contributed by atoms with van der Waals surface area (Å²) in [7, 11) is 0. The van der Waals surface area contributed by atoms with Crippen molar-refractivity contribution in [3.05, 3.63) is 70.8 Å². The third-order valence-corrected chi connectivity index (χ3v) is 8.30. The molecule has 0 saturated heterocycles. The number of ether oxygens (including phenoxy) is 1. The van der Waals surface area contributed by atoms with Crippen LogP contribution in [0.3, 0.4) is 0 Å². The van der Waals surface area contributed by atoms with Gasteiger partial charge >= 0.3 is 5.97 Å². The van der Waals surface area contributed by atoms with Crippen molar-refractivity contribution in [1.29, 1.82) is 0 Å². The monoisotopic (exact) mass is 622 g/mol. The van der Waals surface area contributed by atoms with E-state index in [9.17, 15) is 24.6 Å². The quantitative estimate of drug-likeness (QED) is 0.0727. The number of aliphatic hydroxyl groups is 2. The molecule has 0 unspecified atom stereocenters. The number of carbonyl (C=O) groups is 3. The van der Waals surface area contributed by atoms with E-state index in [1.54, 1.807) is 48.5 Å². The van der Waals surface area contributed by atoms with E-state index >= 15 is 0 Å². The number of unbranched alkanes of at least 4 members (excludes halogenated alkanes) is 14. The third kappa shape index (κ3) is 14.4. The Bertz CT molecular complexity index is 1080. The largest absolute Gasteiger partial charge is 0.453 e. The van der Waals surface area contributed by atoms with Crippen molar-refractivity contribution in [3.8, 4) is 0 Å². The Kier molecular flexibility index (Phi) is 16.7. The van der Waals surface area contributed by atoms with Gasteiger partial charge in [-0.3, -0.25) is 14.4 Å². The number of hydrogen-bond donors (Lipinski definition) is 2. The maximum absolute atomic E-state index is 13.0. The molecule has 0 aliphatic carbocycles. The Hall–Kier alpha value is -2.83. The number of rotatable bonds is 23. The molecule has 0 aliphatic rings. The molecule has 2 aromatic rings. The number of esters is 1. The van der Waals surface area contributed by atoms with Gasteiger partial charge in [-0.1, -0.05) is 145 Å². The zero-order valence-corrected chi connectivity index (χ0v) is 28.5. The number of benzene rings is 2. The second kappa shape index (κ2) is 19.6. The number of carbonyl (C=O) groups excluding carboxylic acids is 3. The molecule has 2 rings (SSSR count). The maximum Gasteiger partial charge on any atom is 0.306 e. The Morgan fingerprint density at radius 3 is 1.18 bits per heavy atom. The lowest BCUT2D eigenvalue weighted by Crippen LogP contribution is -2.31. The van der Waals surface area contributed by atoms with Crippen molar-refractivity contribution >= 4 is 17.5 Å². The molecular formula is C39H58O6. The van der Waals surface area contributed by atoms with Crippen molar-refractivity contribution in [2.75, 3.05) is 0 Å². The van der Waals surface area contributed by atoms with Crippen LogP contribution >= 0.6 is 0 Å². The predicted molar refractivity (Wildman–Crippen MR) is 182 cm³/mol. The van der Waals surface area contributed by atoms with Crippen molar-refractivity contribution < 1.29 is 29.3 Å². The molecule has 0 atom stereocenters. The van der Waals surface area contributed by atoms with E-state index in [4.69, 9.17) is 4.74 Å². The summed E-state index contributed by atoms with van der Waals surface area (Å²) in [5.41, 5.74) is -0.921. The van der Waals surface area contributed by atoms with Crippen LogP contribution in [0.2, 0.25) is 0 Å². The molecule has 0 heterocycles. The summed E-state index contributed by atoms with van der Waals surface area (Å²) < 4.78 is 5.97. The standard InChI is InChI=1S/C39H58O6/c1-6-7-8-9-10-11-12-13-14-15-16-17-18-19-20-21-34(40)45-35(30-22-26-32(27-23-30)36(41)38(2,3)43)31-24-28-33(29-25-31)37(42)39(4,5)44/h22-29,35,43-44H,6-21H2,1-5H3. The lowest BCUT2D eigenvalue weighted by Gasteiger charge is -2.21. The van der Waals surface area contributed by atoms with Crippen LogP contribution in [-0.4, -0.2) is 39.0 Å². The molecule has 45 heavy (non-hydrogen) atoms. The van der Waals surface area contributed by atoms with E-state index in [-0.39, 0.29) is 5.97 Å². The summed E-state index contributed by atoms with van der Waals surface area (Å²) in [5, 5.41) is 20.2. The first-order chi connectivity index (χ1) is 21.3. The molecular weight excluding hydrogens is 564 g/mol. The molecule has 0 saturated carbocycles. The fourth-order valence-electron chi connectivity index (χ4n) is 5.48. The molecule has 0 amide bonds. The van der Waals surface area contributed by atoms with Gasteiger partial charge in [0.2, 0.25) is 0 Å². The third-order valence-electron chi connectivity index (χ3n) is 8.30. The Balaban J connectivity index is 1.87. The van der Waals surface area contributed by atoms with Gasteiger partial charge in [-0.05, 0) is 45.2 Å². The van der Waals surface area contributed by atoms with Crippen LogP contribution in [0.4, 0.5) is 0 Å². The van der Waals surface area contributed by atoms with Crippen LogP contribution < -0.4 is 0 Å². The zero-order valence-electron chi connectivity index (χ0n) is 28.5. The van der Waals surface area contributed by atoms with Crippen LogP contribution in [0.5, 0.6) is 0 Å². The average Bonchev–Trinajstić information content (AvgIpc) is 3.00. The Morgan fingerprint density at radius 2 is 0.867 bits per heavy atom.